The Morgan fingerprint density at radius 2 is 1.93 bits per heavy atom. The van der Waals surface area contributed by atoms with E-state index in [4.69, 9.17) is 5.73 Å². The highest BCUT2D eigenvalue weighted by atomic mass is 35.5. The van der Waals surface area contributed by atoms with E-state index in [-0.39, 0.29) is 48.7 Å². The summed E-state index contributed by atoms with van der Waals surface area (Å²) in [6, 6.07) is 10.8. The molecule has 2 aliphatic carbocycles. The number of hydrogen-bond acceptors (Lipinski definition) is 3. The topological polar surface area (TPSA) is 72.9 Å². The van der Waals surface area contributed by atoms with E-state index >= 15 is 0 Å². The molecule has 1 aromatic carbocycles. The number of aromatic nitrogens is 2. The van der Waals surface area contributed by atoms with Gasteiger partial charge < -0.3 is 11.1 Å². The highest BCUT2D eigenvalue weighted by Gasteiger charge is 2.28. The minimum atomic E-state index is 0. The van der Waals surface area contributed by atoms with Gasteiger partial charge >= 0.3 is 0 Å². The SMILES string of the molecule is Cl.Cl.NC1CCCC(C(=O)Nc2ccnn2C2CCCc3ccccc32)C1. The number of benzene rings is 1. The second-order valence-corrected chi connectivity index (χ2v) is 7.38. The second kappa shape index (κ2) is 9.58. The zero-order valence-electron chi connectivity index (χ0n) is 15.3. The Kier molecular flexibility index (Phi) is 7.71. The van der Waals surface area contributed by atoms with E-state index in [0.717, 1.165) is 50.8 Å². The van der Waals surface area contributed by atoms with E-state index in [1.807, 2.05) is 10.7 Å². The molecule has 1 amide bonds. The molecule has 5 nitrogen and oxygen atoms in total. The van der Waals surface area contributed by atoms with Gasteiger partial charge in [0.1, 0.15) is 5.82 Å². The van der Waals surface area contributed by atoms with E-state index < -0.39 is 0 Å². The summed E-state index contributed by atoms with van der Waals surface area (Å²) in [6.45, 7) is 0. The number of anilines is 1. The second-order valence-electron chi connectivity index (χ2n) is 7.38. The zero-order chi connectivity index (χ0) is 17.2. The molecule has 0 aliphatic heterocycles. The highest BCUT2D eigenvalue weighted by molar-refractivity contribution is 5.91. The van der Waals surface area contributed by atoms with Gasteiger partial charge in [-0.2, -0.15) is 5.10 Å². The van der Waals surface area contributed by atoms with Gasteiger partial charge in [0.15, 0.2) is 0 Å². The van der Waals surface area contributed by atoms with Crippen molar-refractivity contribution in [3.8, 4) is 0 Å². The van der Waals surface area contributed by atoms with E-state index in [0.29, 0.717) is 0 Å². The number of nitrogens with one attached hydrogen (secondary N) is 1. The predicted octanol–water partition coefficient (Wildman–Crippen LogP) is 4.11. The normalized spacial score (nSPS) is 24.1. The van der Waals surface area contributed by atoms with Gasteiger partial charge in [-0.3, -0.25) is 4.79 Å². The summed E-state index contributed by atoms with van der Waals surface area (Å²) in [4.78, 5) is 12.7. The third kappa shape index (κ3) is 4.65. The van der Waals surface area contributed by atoms with Crippen LogP contribution in [0.5, 0.6) is 0 Å². The number of nitrogens with zero attached hydrogens (tertiary/aromatic N) is 2. The van der Waals surface area contributed by atoms with Crippen LogP contribution in [0.25, 0.3) is 0 Å². The van der Waals surface area contributed by atoms with Crippen LogP contribution in [0.1, 0.15) is 55.7 Å². The number of fused-ring (bicyclic) bond motifs is 1. The van der Waals surface area contributed by atoms with E-state index in [2.05, 4.69) is 34.7 Å². The van der Waals surface area contributed by atoms with Gasteiger partial charge in [-0.25, -0.2) is 4.68 Å². The molecule has 1 fully saturated rings. The average Bonchev–Trinajstić information content (AvgIpc) is 3.09. The molecule has 2 aliphatic rings. The van der Waals surface area contributed by atoms with Crippen molar-refractivity contribution in [3.05, 3.63) is 47.7 Å². The Morgan fingerprint density at radius 3 is 2.74 bits per heavy atom. The monoisotopic (exact) mass is 410 g/mol. The fraction of sp³-hybridized carbons (Fsp3) is 0.500. The van der Waals surface area contributed by atoms with Gasteiger partial charge in [-0.05, 0) is 49.7 Å². The third-order valence-corrected chi connectivity index (χ3v) is 5.64. The number of hydrogen-bond donors (Lipinski definition) is 2. The van der Waals surface area contributed by atoms with Crippen LogP contribution in [0.15, 0.2) is 36.5 Å². The van der Waals surface area contributed by atoms with Crippen LogP contribution in [0.2, 0.25) is 0 Å². The summed E-state index contributed by atoms with van der Waals surface area (Å²) in [6.07, 6.45) is 8.87. The largest absolute Gasteiger partial charge is 0.328 e. The molecule has 3 unspecified atom stereocenters. The Morgan fingerprint density at radius 1 is 1.11 bits per heavy atom. The van der Waals surface area contributed by atoms with Gasteiger partial charge in [0, 0.05) is 18.0 Å². The van der Waals surface area contributed by atoms with Crippen molar-refractivity contribution < 1.29 is 4.79 Å². The number of amides is 1. The summed E-state index contributed by atoms with van der Waals surface area (Å²) in [5.41, 5.74) is 8.76. The lowest BCUT2D eigenvalue weighted by atomic mass is 9.85. The van der Waals surface area contributed by atoms with Gasteiger partial charge in [0.05, 0.1) is 12.2 Å². The molecule has 0 radical (unpaired) electrons. The predicted molar refractivity (Wildman–Crippen MR) is 113 cm³/mol. The Bertz CT molecular complexity index is 764. The number of halogens is 2. The summed E-state index contributed by atoms with van der Waals surface area (Å²) in [5.74, 6) is 0.901. The average molecular weight is 411 g/mol. The molecule has 1 aromatic heterocycles. The van der Waals surface area contributed by atoms with Crippen molar-refractivity contribution in [1.82, 2.24) is 9.78 Å². The molecule has 0 bridgehead atoms. The first-order valence-corrected chi connectivity index (χ1v) is 9.40. The standard InChI is InChI=1S/C20H26N4O.2ClH/c21-16-8-3-7-15(13-16)20(25)23-19-11-12-22-24(19)18-10-4-6-14-5-1-2-9-17(14)18;;/h1-2,5,9,11-12,15-16,18H,3-4,6-8,10,13,21H2,(H,23,25);2*1H. The van der Waals surface area contributed by atoms with Crippen molar-refractivity contribution in [3.63, 3.8) is 0 Å². The fourth-order valence-corrected chi connectivity index (χ4v) is 4.34. The Labute approximate surface area is 172 Å². The highest BCUT2D eigenvalue weighted by Crippen LogP contribution is 2.34. The minimum Gasteiger partial charge on any atom is -0.328 e. The number of carbonyl (C=O) groups excluding carboxylic acids is 1. The van der Waals surface area contributed by atoms with E-state index in [1.165, 1.54) is 11.1 Å². The van der Waals surface area contributed by atoms with Crippen LogP contribution in [-0.2, 0) is 11.2 Å². The van der Waals surface area contributed by atoms with Crippen molar-refractivity contribution in [2.75, 3.05) is 5.32 Å². The van der Waals surface area contributed by atoms with Crippen LogP contribution < -0.4 is 11.1 Å². The molecule has 1 saturated carbocycles. The van der Waals surface area contributed by atoms with Gasteiger partial charge in [0.25, 0.3) is 0 Å². The smallest absolute Gasteiger partial charge is 0.228 e. The Balaban J connectivity index is 0.00000131. The molecular weight excluding hydrogens is 383 g/mol. The lowest BCUT2D eigenvalue weighted by Gasteiger charge is -2.28. The molecule has 2 aromatic rings. The van der Waals surface area contributed by atoms with Crippen molar-refractivity contribution in [2.45, 2.75) is 57.0 Å². The Hall–Kier alpha value is -1.56. The van der Waals surface area contributed by atoms with Crippen LogP contribution >= 0.6 is 24.8 Å². The minimum absolute atomic E-state index is 0. The lowest BCUT2D eigenvalue weighted by molar-refractivity contribution is -0.120. The zero-order valence-corrected chi connectivity index (χ0v) is 17.0. The van der Waals surface area contributed by atoms with Crippen molar-refractivity contribution >= 4 is 36.5 Å². The third-order valence-electron chi connectivity index (χ3n) is 5.64. The summed E-state index contributed by atoms with van der Waals surface area (Å²) in [7, 11) is 0. The summed E-state index contributed by atoms with van der Waals surface area (Å²) >= 11 is 0. The van der Waals surface area contributed by atoms with Crippen molar-refractivity contribution in [1.29, 1.82) is 0 Å². The molecule has 1 heterocycles. The van der Waals surface area contributed by atoms with Gasteiger partial charge in [0.2, 0.25) is 5.91 Å². The quantitative estimate of drug-likeness (QED) is 0.799. The first kappa shape index (κ1) is 21.7. The number of rotatable bonds is 3. The van der Waals surface area contributed by atoms with Crippen LogP contribution in [0.4, 0.5) is 5.82 Å². The lowest BCUT2D eigenvalue weighted by Crippen LogP contribution is -2.35. The van der Waals surface area contributed by atoms with E-state index in [1.54, 1.807) is 6.20 Å². The maximum atomic E-state index is 12.7. The molecule has 27 heavy (non-hydrogen) atoms. The maximum absolute atomic E-state index is 12.7. The molecule has 0 saturated heterocycles. The maximum Gasteiger partial charge on any atom is 0.228 e. The fourth-order valence-electron chi connectivity index (χ4n) is 4.34. The number of nitrogens with two attached hydrogens (primary N) is 1. The molecule has 4 rings (SSSR count). The van der Waals surface area contributed by atoms with Crippen LogP contribution in [0.3, 0.4) is 0 Å². The molecule has 0 spiro atoms. The molecule has 3 atom stereocenters. The molecule has 3 N–H and O–H groups in total. The molecular formula is C20H28Cl2N4O. The van der Waals surface area contributed by atoms with Crippen LogP contribution in [0, 0.1) is 5.92 Å². The number of carbonyl (C=O) groups is 1. The van der Waals surface area contributed by atoms with E-state index in [9.17, 15) is 4.79 Å². The first-order chi connectivity index (χ1) is 12.2. The van der Waals surface area contributed by atoms with Gasteiger partial charge in [-0.1, -0.05) is 30.7 Å². The molecule has 148 valence electrons. The first-order valence-electron chi connectivity index (χ1n) is 9.40. The molecule has 7 heteroatoms. The summed E-state index contributed by atoms with van der Waals surface area (Å²) in [5, 5.41) is 7.64. The number of aryl methyl sites for hydroxylation is 1. The van der Waals surface area contributed by atoms with Crippen LogP contribution in [-0.4, -0.2) is 21.7 Å². The van der Waals surface area contributed by atoms with Gasteiger partial charge in [-0.15, -0.1) is 24.8 Å². The summed E-state index contributed by atoms with van der Waals surface area (Å²) < 4.78 is 1.98. The van der Waals surface area contributed by atoms with Crippen molar-refractivity contribution in [2.24, 2.45) is 11.7 Å².